The molecule has 0 aliphatic carbocycles. The van der Waals surface area contributed by atoms with Crippen molar-refractivity contribution in [1.82, 2.24) is 9.55 Å². The Hall–Kier alpha value is -3.47. The Morgan fingerprint density at radius 1 is 0.724 bits per heavy atom. The summed E-state index contributed by atoms with van der Waals surface area (Å²) in [6.45, 7) is 5.78. The van der Waals surface area contributed by atoms with Crippen LogP contribution in [0, 0.1) is 0 Å². The van der Waals surface area contributed by atoms with Gasteiger partial charge in [-0.05, 0) is 67.9 Å². The Kier molecular flexibility index (Phi) is 5.66. The number of hydrogen-bond acceptors (Lipinski definition) is 4. The second-order valence-electron chi connectivity index (χ2n) is 6.56. The van der Waals surface area contributed by atoms with E-state index in [-0.39, 0.29) is 0 Å². The molecule has 0 spiro atoms. The van der Waals surface area contributed by atoms with Crippen LogP contribution in [0.2, 0.25) is 0 Å². The molecule has 148 valence electrons. The molecule has 4 aromatic rings. The molecule has 1 heterocycles. The molecule has 0 radical (unpaired) electrons. The van der Waals surface area contributed by atoms with Gasteiger partial charge in [0.2, 0.25) is 0 Å². The van der Waals surface area contributed by atoms with Crippen LogP contribution >= 0.6 is 0 Å². The highest BCUT2D eigenvalue weighted by molar-refractivity contribution is 5.79. The number of aromatic nitrogens is 2. The highest BCUT2D eigenvalue weighted by Gasteiger charge is 2.07. The van der Waals surface area contributed by atoms with Gasteiger partial charge in [0.05, 0.1) is 24.2 Å². The van der Waals surface area contributed by atoms with Crippen LogP contribution in [-0.2, 0) is 6.61 Å². The lowest BCUT2D eigenvalue weighted by Crippen LogP contribution is -1.97. The van der Waals surface area contributed by atoms with E-state index in [0.29, 0.717) is 19.8 Å². The van der Waals surface area contributed by atoms with E-state index in [9.17, 15) is 0 Å². The van der Waals surface area contributed by atoms with Gasteiger partial charge in [-0.25, -0.2) is 4.98 Å². The van der Waals surface area contributed by atoms with Gasteiger partial charge in [0.25, 0.3) is 0 Å². The van der Waals surface area contributed by atoms with Gasteiger partial charge in [-0.2, -0.15) is 0 Å². The molecule has 0 bridgehead atoms. The predicted octanol–water partition coefficient (Wildman–Crippen LogP) is 5.40. The second kappa shape index (κ2) is 8.69. The van der Waals surface area contributed by atoms with Crippen molar-refractivity contribution in [2.75, 3.05) is 13.2 Å². The van der Waals surface area contributed by atoms with Crippen LogP contribution in [0.25, 0.3) is 16.7 Å². The third-order valence-corrected chi connectivity index (χ3v) is 4.58. The van der Waals surface area contributed by atoms with E-state index < -0.39 is 0 Å². The van der Waals surface area contributed by atoms with Crippen molar-refractivity contribution in [1.29, 1.82) is 0 Å². The Balaban J connectivity index is 1.47. The fourth-order valence-corrected chi connectivity index (χ4v) is 3.17. The fourth-order valence-electron chi connectivity index (χ4n) is 3.17. The summed E-state index contributed by atoms with van der Waals surface area (Å²) < 4.78 is 19.0. The van der Waals surface area contributed by atoms with Crippen molar-refractivity contribution in [3.05, 3.63) is 78.6 Å². The van der Waals surface area contributed by atoms with E-state index in [1.807, 2.05) is 86.9 Å². The topological polar surface area (TPSA) is 45.5 Å². The number of hydrogen-bond donors (Lipinski definition) is 0. The fraction of sp³-hybridized carbons (Fsp3) is 0.208. The smallest absolute Gasteiger partial charge is 0.122 e. The second-order valence-corrected chi connectivity index (χ2v) is 6.56. The molecule has 5 heteroatoms. The van der Waals surface area contributed by atoms with Crippen molar-refractivity contribution in [3.63, 3.8) is 0 Å². The number of nitrogens with zero attached hydrogens (tertiary/aromatic N) is 2. The average molecular weight is 388 g/mol. The molecule has 1 aromatic heterocycles. The number of ether oxygens (including phenoxy) is 3. The summed E-state index contributed by atoms with van der Waals surface area (Å²) in [4.78, 5) is 4.54. The Bertz CT molecular complexity index is 1070. The average Bonchev–Trinajstić information content (AvgIpc) is 3.18. The minimum absolute atomic E-state index is 0.498. The number of imidazole rings is 1. The van der Waals surface area contributed by atoms with Crippen molar-refractivity contribution >= 4 is 11.0 Å². The summed E-state index contributed by atoms with van der Waals surface area (Å²) in [6, 6.07) is 21.9. The third-order valence-electron chi connectivity index (χ3n) is 4.58. The molecular weight excluding hydrogens is 364 g/mol. The molecule has 4 rings (SSSR count). The molecule has 0 aliphatic heterocycles. The Morgan fingerprint density at radius 3 is 2.00 bits per heavy atom. The molecule has 0 amide bonds. The van der Waals surface area contributed by atoms with Crippen LogP contribution < -0.4 is 14.2 Å². The standard InChI is InChI=1S/C24H24N2O3/c1-3-27-20-9-5-18(6-10-20)16-29-22-13-14-24-23(15-22)25-17-26(24)19-7-11-21(12-8-19)28-4-2/h5-15,17H,3-4,16H2,1-2H3. The van der Waals surface area contributed by atoms with Crippen molar-refractivity contribution in [2.24, 2.45) is 0 Å². The van der Waals surface area contributed by atoms with Crippen molar-refractivity contribution < 1.29 is 14.2 Å². The first-order valence-corrected chi connectivity index (χ1v) is 9.81. The first-order chi connectivity index (χ1) is 14.3. The maximum Gasteiger partial charge on any atom is 0.122 e. The van der Waals surface area contributed by atoms with Gasteiger partial charge in [-0.15, -0.1) is 0 Å². The van der Waals surface area contributed by atoms with E-state index >= 15 is 0 Å². The van der Waals surface area contributed by atoms with E-state index in [4.69, 9.17) is 14.2 Å². The van der Waals surface area contributed by atoms with E-state index in [1.165, 1.54) is 0 Å². The van der Waals surface area contributed by atoms with Crippen LogP contribution in [0.5, 0.6) is 17.2 Å². The van der Waals surface area contributed by atoms with Gasteiger partial charge in [-0.3, -0.25) is 4.57 Å². The van der Waals surface area contributed by atoms with Gasteiger partial charge in [-0.1, -0.05) is 12.1 Å². The summed E-state index contributed by atoms with van der Waals surface area (Å²) in [5, 5.41) is 0. The third kappa shape index (κ3) is 4.35. The van der Waals surface area contributed by atoms with E-state index in [0.717, 1.165) is 39.5 Å². The molecule has 0 unspecified atom stereocenters. The molecule has 0 aliphatic rings. The predicted molar refractivity (Wildman–Crippen MR) is 114 cm³/mol. The van der Waals surface area contributed by atoms with Gasteiger partial charge >= 0.3 is 0 Å². The molecule has 0 atom stereocenters. The largest absolute Gasteiger partial charge is 0.494 e. The lowest BCUT2D eigenvalue weighted by molar-refractivity contribution is 0.306. The van der Waals surface area contributed by atoms with Crippen LogP contribution in [0.1, 0.15) is 19.4 Å². The summed E-state index contributed by atoms with van der Waals surface area (Å²) >= 11 is 0. The maximum absolute atomic E-state index is 5.95. The molecule has 0 saturated heterocycles. The number of rotatable bonds is 8. The normalized spacial score (nSPS) is 10.8. The molecule has 5 nitrogen and oxygen atoms in total. The van der Waals surface area contributed by atoms with Crippen LogP contribution in [0.4, 0.5) is 0 Å². The van der Waals surface area contributed by atoms with Crippen LogP contribution in [0.15, 0.2) is 73.1 Å². The zero-order chi connectivity index (χ0) is 20.1. The number of benzene rings is 3. The monoisotopic (exact) mass is 388 g/mol. The van der Waals surface area contributed by atoms with Crippen LogP contribution in [0.3, 0.4) is 0 Å². The molecular formula is C24H24N2O3. The van der Waals surface area contributed by atoms with Gasteiger partial charge in [0.1, 0.15) is 30.2 Å². The summed E-state index contributed by atoms with van der Waals surface area (Å²) in [6.07, 6.45) is 1.83. The summed E-state index contributed by atoms with van der Waals surface area (Å²) in [5.74, 6) is 2.53. The molecule has 0 N–H and O–H groups in total. The van der Waals surface area contributed by atoms with Gasteiger partial charge in [0.15, 0.2) is 0 Å². The first-order valence-electron chi connectivity index (χ1n) is 9.81. The summed E-state index contributed by atoms with van der Waals surface area (Å²) in [7, 11) is 0. The lowest BCUT2D eigenvalue weighted by Gasteiger charge is -2.09. The van der Waals surface area contributed by atoms with Crippen molar-refractivity contribution in [3.8, 4) is 22.9 Å². The van der Waals surface area contributed by atoms with Gasteiger partial charge in [0, 0.05) is 11.8 Å². The quantitative estimate of drug-likeness (QED) is 0.405. The maximum atomic E-state index is 5.95. The SMILES string of the molecule is CCOc1ccc(COc2ccc3c(c2)ncn3-c2ccc(OCC)cc2)cc1. The van der Waals surface area contributed by atoms with Gasteiger partial charge < -0.3 is 14.2 Å². The highest BCUT2D eigenvalue weighted by atomic mass is 16.5. The minimum Gasteiger partial charge on any atom is -0.494 e. The highest BCUT2D eigenvalue weighted by Crippen LogP contribution is 2.25. The molecule has 3 aromatic carbocycles. The van der Waals surface area contributed by atoms with E-state index in [1.54, 1.807) is 0 Å². The molecule has 0 saturated carbocycles. The Morgan fingerprint density at radius 2 is 1.34 bits per heavy atom. The van der Waals surface area contributed by atoms with Crippen molar-refractivity contribution in [2.45, 2.75) is 20.5 Å². The minimum atomic E-state index is 0.498. The van der Waals surface area contributed by atoms with E-state index in [2.05, 4.69) is 9.55 Å². The molecule has 29 heavy (non-hydrogen) atoms. The zero-order valence-electron chi connectivity index (χ0n) is 16.7. The summed E-state index contributed by atoms with van der Waals surface area (Å²) in [5.41, 5.74) is 4.05. The Labute approximate surface area is 170 Å². The molecule has 0 fully saturated rings. The van der Waals surface area contributed by atoms with Crippen LogP contribution in [-0.4, -0.2) is 22.8 Å². The number of fused-ring (bicyclic) bond motifs is 1. The zero-order valence-corrected chi connectivity index (χ0v) is 16.7. The first kappa shape index (κ1) is 18.9. The lowest BCUT2D eigenvalue weighted by atomic mass is 10.2.